The fraction of sp³-hybridized carbons (Fsp3) is 0.417. The molecule has 1 aliphatic heterocycles. The maximum absolute atomic E-state index is 12.3. The molecule has 1 aliphatic rings. The van der Waals surface area contributed by atoms with Crippen LogP contribution in [0.5, 0.6) is 0 Å². The van der Waals surface area contributed by atoms with E-state index >= 15 is 0 Å². The summed E-state index contributed by atoms with van der Waals surface area (Å²) in [5.74, 6) is 0.206. The summed E-state index contributed by atoms with van der Waals surface area (Å²) >= 11 is 6.93. The van der Waals surface area contributed by atoms with E-state index in [4.69, 9.17) is 0 Å². The largest absolute Gasteiger partial charge is 0.338 e. The zero-order valence-electron chi connectivity index (χ0n) is 9.19. The van der Waals surface area contributed by atoms with Gasteiger partial charge >= 0.3 is 0 Å². The SMILES string of the molecule is O=C(c1cc2sccc2s1)N1CCC(Br)CC1. The molecule has 1 saturated heterocycles. The highest BCUT2D eigenvalue weighted by Crippen LogP contribution is 2.31. The van der Waals surface area contributed by atoms with E-state index in [2.05, 4.69) is 27.4 Å². The number of piperidine rings is 1. The van der Waals surface area contributed by atoms with Gasteiger partial charge in [-0.3, -0.25) is 4.79 Å². The van der Waals surface area contributed by atoms with Gasteiger partial charge in [-0.1, -0.05) is 15.9 Å². The van der Waals surface area contributed by atoms with Crippen LogP contribution in [-0.2, 0) is 0 Å². The molecular weight excluding hydrogens is 318 g/mol. The molecule has 0 aliphatic carbocycles. The number of fused-ring (bicyclic) bond motifs is 1. The van der Waals surface area contributed by atoms with Gasteiger partial charge in [0.05, 0.1) is 4.88 Å². The summed E-state index contributed by atoms with van der Waals surface area (Å²) in [6, 6.07) is 4.12. The highest BCUT2D eigenvalue weighted by atomic mass is 79.9. The lowest BCUT2D eigenvalue weighted by Gasteiger charge is -2.29. The Morgan fingerprint density at radius 1 is 1.35 bits per heavy atom. The standard InChI is InChI=1S/C12H12BrNOS2/c13-8-1-4-14(5-2-8)12(15)11-7-10-9(17-11)3-6-16-10/h3,6-8H,1-2,4-5H2. The van der Waals surface area contributed by atoms with Gasteiger partial charge in [0.1, 0.15) is 0 Å². The molecule has 0 saturated carbocycles. The zero-order valence-corrected chi connectivity index (χ0v) is 12.4. The molecule has 0 N–H and O–H groups in total. The minimum Gasteiger partial charge on any atom is -0.338 e. The number of nitrogens with zero attached hydrogens (tertiary/aromatic N) is 1. The van der Waals surface area contributed by atoms with Gasteiger partial charge in [0.15, 0.2) is 0 Å². The maximum Gasteiger partial charge on any atom is 0.263 e. The third-order valence-corrected chi connectivity index (χ3v) is 6.06. The van der Waals surface area contributed by atoms with Gasteiger partial charge in [0.2, 0.25) is 0 Å². The summed E-state index contributed by atoms with van der Waals surface area (Å²) in [4.78, 5) is 15.7. The predicted molar refractivity (Wildman–Crippen MR) is 77.6 cm³/mol. The normalized spacial score (nSPS) is 17.8. The van der Waals surface area contributed by atoms with Crippen LogP contribution in [-0.4, -0.2) is 28.7 Å². The third kappa shape index (κ3) is 2.28. The number of carbonyl (C=O) groups excluding carboxylic acids is 1. The zero-order chi connectivity index (χ0) is 11.8. The molecule has 1 fully saturated rings. The van der Waals surface area contributed by atoms with Crippen LogP contribution >= 0.6 is 38.6 Å². The van der Waals surface area contributed by atoms with Crippen LogP contribution in [0.1, 0.15) is 22.5 Å². The van der Waals surface area contributed by atoms with Crippen molar-refractivity contribution in [2.45, 2.75) is 17.7 Å². The fourth-order valence-corrected chi connectivity index (χ4v) is 4.56. The first kappa shape index (κ1) is 11.7. The Balaban J connectivity index is 1.79. The van der Waals surface area contributed by atoms with Crippen molar-refractivity contribution < 1.29 is 4.79 Å². The van der Waals surface area contributed by atoms with E-state index in [1.54, 1.807) is 22.7 Å². The first-order valence-corrected chi connectivity index (χ1v) is 8.25. The van der Waals surface area contributed by atoms with E-state index in [-0.39, 0.29) is 5.91 Å². The van der Waals surface area contributed by atoms with E-state index in [1.807, 2.05) is 11.0 Å². The Morgan fingerprint density at radius 2 is 2.12 bits per heavy atom. The average molecular weight is 330 g/mol. The molecule has 0 atom stereocenters. The molecule has 3 rings (SSSR count). The summed E-state index contributed by atoms with van der Waals surface area (Å²) in [6.07, 6.45) is 2.12. The second kappa shape index (κ2) is 4.71. The van der Waals surface area contributed by atoms with Crippen LogP contribution in [0.3, 0.4) is 0 Å². The summed E-state index contributed by atoms with van der Waals surface area (Å²) in [6.45, 7) is 1.75. The molecule has 0 aromatic carbocycles. The summed E-state index contributed by atoms with van der Waals surface area (Å²) in [5, 5.41) is 2.08. The van der Waals surface area contributed by atoms with Crippen LogP contribution in [0.4, 0.5) is 0 Å². The molecule has 90 valence electrons. The van der Waals surface area contributed by atoms with E-state index in [9.17, 15) is 4.79 Å². The number of alkyl halides is 1. The van der Waals surface area contributed by atoms with E-state index < -0.39 is 0 Å². The van der Waals surface area contributed by atoms with Crippen molar-refractivity contribution in [3.63, 3.8) is 0 Å². The van der Waals surface area contributed by atoms with Gasteiger partial charge < -0.3 is 4.90 Å². The summed E-state index contributed by atoms with van der Waals surface area (Å²) in [7, 11) is 0. The van der Waals surface area contributed by atoms with Crippen LogP contribution < -0.4 is 0 Å². The molecule has 2 nitrogen and oxygen atoms in total. The Labute approximate surface area is 116 Å². The predicted octanol–water partition coefficient (Wildman–Crippen LogP) is 3.96. The van der Waals surface area contributed by atoms with Gasteiger partial charge in [0, 0.05) is 27.3 Å². The molecule has 2 aromatic rings. The van der Waals surface area contributed by atoms with Crippen LogP contribution in [0, 0.1) is 0 Å². The van der Waals surface area contributed by atoms with Crippen molar-refractivity contribution in [1.82, 2.24) is 4.90 Å². The van der Waals surface area contributed by atoms with Crippen molar-refractivity contribution in [2.24, 2.45) is 0 Å². The molecule has 1 amide bonds. The topological polar surface area (TPSA) is 20.3 Å². The van der Waals surface area contributed by atoms with Crippen molar-refractivity contribution in [2.75, 3.05) is 13.1 Å². The maximum atomic E-state index is 12.3. The molecule has 2 aromatic heterocycles. The van der Waals surface area contributed by atoms with Crippen molar-refractivity contribution in [3.8, 4) is 0 Å². The Kier molecular flexibility index (Phi) is 3.23. The minimum atomic E-state index is 0.206. The van der Waals surface area contributed by atoms with Crippen LogP contribution in [0.25, 0.3) is 9.40 Å². The fourth-order valence-electron chi connectivity index (χ4n) is 2.08. The number of thiophene rings is 2. The number of likely N-dealkylation sites (tertiary alicyclic amines) is 1. The third-order valence-electron chi connectivity index (χ3n) is 3.06. The first-order chi connectivity index (χ1) is 8.24. The smallest absolute Gasteiger partial charge is 0.263 e. The van der Waals surface area contributed by atoms with Gasteiger partial charge in [-0.15, -0.1) is 22.7 Å². The number of amides is 1. The van der Waals surface area contributed by atoms with E-state index in [0.717, 1.165) is 30.8 Å². The number of hydrogen-bond acceptors (Lipinski definition) is 3. The van der Waals surface area contributed by atoms with Crippen molar-refractivity contribution >= 4 is 53.9 Å². The average Bonchev–Trinajstić information content (AvgIpc) is 2.89. The quantitative estimate of drug-likeness (QED) is 0.725. The first-order valence-electron chi connectivity index (χ1n) is 5.64. The summed E-state index contributed by atoms with van der Waals surface area (Å²) < 4.78 is 2.46. The molecule has 0 radical (unpaired) electrons. The number of hydrogen-bond donors (Lipinski definition) is 0. The van der Waals surface area contributed by atoms with E-state index in [1.165, 1.54) is 9.40 Å². The second-order valence-corrected chi connectivity index (χ2v) is 7.55. The summed E-state index contributed by atoms with van der Waals surface area (Å²) in [5.41, 5.74) is 0. The van der Waals surface area contributed by atoms with Crippen molar-refractivity contribution in [1.29, 1.82) is 0 Å². The molecule has 3 heterocycles. The Bertz CT molecular complexity index is 511. The number of carbonyl (C=O) groups is 1. The highest BCUT2D eigenvalue weighted by Gasteiger charge is 2.23. The second-order valence-electron chi connectivity index (χ2n) is 4.23. The van der Waals surface area contributed by atoms with Gasteiger partial charge in [-0.05, 0) is 30.4 Å². The molecule has 17 heavy (non-hydrogen) atoms. The molecule has 0 bridgehead atoms. The van der Waals surface area contributed by atoms with E-state index in [0.29, 0.717) is 4.83 Å². The number of rotatable bonds is 1. The number of halogens is 1. The van der Waals surface area contributed by atoms with Gasteiger partial charge in [-0.2, -0.15) is 0 Å². The molecule has 5 heteroatoms. The van der Waals surface area contributed by atoms with Gasteiger partial charge in [0.25, 0.3) is 5.91 Å². The molecule has 0 unspecified atom stereocenters. The Morgan fingerprint density at radius 3 is 2.82 bits per heavy atom. The van der Waals surface area contributed by atoms with Crippen molar-refractivity contribution in [3.05, 3.63) is 22.4 Å². The monoisotopic (exact) mass is 329 g/mol. The lowest BCUT2D eigenvalue weighted by molar-refractivity contribution is 0.0733. The van der Waals surface area contributed by atoms with Crippen LogP contribution in [0.15, 0.2) is 17.5 Å². The van der Waals surface area contributed by atoms with Crippen LogP contribution in [0.2, 0.25) is 0 Å². The lowest BCUT2D eigenvalue weighted by Crippen LogP contribution is -2.38. The van der Waals surface area contributed by atoms with Gasteiger partial charge in [-0.25, -0.2) is 0 Å². The lowest BCUT2D eigenvalue weighted by atomic mass is 10.1. The molecular formula is C12H12BrNOS2. The molecule has 0 spiro atoms. The highest BCUT2D eigenvalue weighted by molar-refractivity contribution is 9.09. The minimum absolute atomic E-state index is 0.206. The Hall–Kier alpha value is -0.390.